The molecule has 2 rings (SSSR count). The first-order valence-corrected chi connectivity index (χ1v) is 8.22. The monoisotopic (exact) mass is 312 g/mol. The van der Waals surface area contributed by atoms with Crippen molar-refractivity contribution in [2.45, 2.75) is 25.7 Å². The first-order chi connectivity index (χ1) is 11.1. The fourth-order valence-electron chi connectivity index (χ4n) is 2.86. The van der Waals surface area contributed by atoms with Crippen molar-refractivity contribution in [2.75, 3.05) is 32.6 Å². The topological polar surface area (TPSA) is 38.5 Å². The highest BCUT2D eigenvalue weighted by Crippen LogP contribution is 2.30. The van der Waals surface area contributed by atoms with Crippen LogP contribution < -0.4 is 15.4 Å². The Morgan fingerprint density at radius 2 is 1.70 bits per heavy atom. The second kappa shape index (κ2) is 8.02. The second-order valence-electron chi connectivity index (χ2n) is 6.13. The van der Waals surface area contributed by atoms with E-state index in [0.717, 1.165) is 18.6 Å². The Morgan fingerprint density at radius 3 is 2.22 bits per heavy atom. The summed E-state index contributed by atoms with van der Waals surface area (Å²) in [6.07, 6.45) is 1.94. The van der Waals surface area contributed by atoms with Gasteiger partial charge in [0.2, 0.25) is 0 Å². The molecule has 23 heavy (non-hydrogen) atoms. The molecule has 3 heteroatoms. The molecule has 0 fully saturated rings. The van der Waals surface area contributed by atoms with Crippen molar-refractivity contribution in [3.05, 3.63) is 59.2 Å². The summed E-state index contributed by atoms with van der Waals surface area (Å²) in [7, 11) is 5.83. The zero-order chi connectivity index (χ0) is 16.8. The van der Waals surface area contributed by atoms with Gasteiger partial charge < -0.3 is 15.4 Å². The van der Waals surface area contributed by atoms with Gasteiger partial charge in [0, 0.05) is 25.7 Å². The van der Waals surface area contributed by atoms with E-state index in [1.54, 1.807) is 7.11 Å². The van der Waals surface area contributed by atoms with E-state index in [-0.39, 0.29) is 5.92 Å². The lowest BCUT2D eigenvalue weighted by Gasteiger charge is -2.20. The second-order valence-corrected chi connectivity index (χ2v) is 6.13. The van der Waals surface area contributed by atoms with Crippen molar-refractivity contribution in [2.24, 2.45) is 5.73 Å². The molecular formula is C20H28N2O. The van der Waals surface area contributed by atoms with Crippen molar-refractivity contribution < 1.29 is 4.74 Å². The molecule has 0 aliphatic carbocycles. The predicted molar refractivity (Wildman–Crippen MR) is 98.6 cm³/mol. The number of benzene rings is 2. The number of aryl methyl sites for hydroxylation is 1. The third kappa shape index (κ3) is 4.26. The first kappa shape index (κ1) is 17.4. The summed E-state index contributed by atoms with van der Waals surface area (Å²) in [5, 5.41) is 0. The largest absolute Gasteiger partial charge is 0.496 e. The van der Waals surface area contributed by atoms with E-state index < -0.39 is 0 Å². The van der Waals surface area contributed by atoms with Gasteiger partial charge in [0.25, 0.3) is 0 Å². The molecule has 0 saturated carbocycles. The third-order valence-electron chi connectivity index (χ3n) is 4.36. The summed E-state index contributed by atoms with van der Waals surface area (Å²) in [4.78, 5) is 2.11. The fourth-order valence-corrected chi connectivity index (χ4v) is 2.86. The normalized spacial score (nSPS) is 12.0. The zero-order valence-electron chi connectivity index (χ0n) is 14.7. The quantitative estimate of drug-likeness (QED) is 0.849. The number of hydrogen-bond donors (Lipinski definition) is 1. The van der Waals surface area contributed by atoms with Gasteiger partial charge >= 0.3 is 0 Å². The van der Waals surface area contributed by atoms with E-state index in [1.165, 1.54) is 22.4 Å². The Balaban J connectivity index is 2.25. The summed E-state index contributed by atoms with van der Waals surface area (Å²) >= 11 is 0. The first-order valence-electron chi connectivity index (χ1n) is 8.22. The lowest BCUT2D eigenvalue weighted by Crippen LogP contribution is -2.16. The van der Waals surface area contributed by atoms with Crippen molar-refractivity contribution in [3.8, 4) is 5.75 Å². The number of rotatable bonds is 7. The number of nitrogens with two attached hydrogens (primary N) is 1. The average molecular weight is 312 g/mol. The number of anilines is 1. The molecule has 0 heterocycles. The molecule has 2 N–H and O–H groups in total. The van der Waals surface area contributed by atoms with E-state index in [1.807, 2.05) is 0 Å². The highest BCUT2D eigenvalue weighted by molar-refractivity contribution is 5.47. The van der Waals surface area contributed by atoms with Crippen LogP contribution in [-0.2, 0) is 12.8 Å². The van der Waals surface area contributed by atoms with Crippen LogP contribution in [0.3, 0.4) is 0 Å². The molecule has 0 aliphatic heterocycles. The Bertz CT molecular complexity index is 620. The lowest BCUT2D eigenvalue weighted by molar-refractivity contribution is 0.405. The van der Waals surface area contributed by atoms with E-state index in [2.05, 4.69) is 68.4 Å². The van der Waals surface area contributed by atoms with Crippen LogP contribution in [0.4, 0.5) is 5.69 Å². The van der Waals surface area contributed by atoms with Crippen molar-refractivity contribution in [3.63, 3.8) is 0 Å². The van der Waals surface area contributed by atoms with Gasteiger partial charge in [-0.25, -0.2) is 0 Å². The van der Waals surface area contributed by atoms with Crippen molar-refractivity contribution >= 4 is 5.69 Å². The predicted octanol–water partition coefficient (Wildman–Crippen LogP) is 3.61. The Hall–Kier alpha value is -2.00. The summed E-state index contributed by atoms with van der Waals surface area (Å²) in [6, 6.07) is 15.1. The molecular weight excluding hydrogens is 284 g/mol. The van der Waals surface area contributed by atoms with E-state index in [0.29, 0.717) is 6.54 Å². The zero-order valence-corrected chi connectivity index (χ0v) is 14.7. The summed E-state index contributed by atoms with van der Waals surface area (Å²) in [6.45, 7) is 2.78. The highest BCUT2D eigenvalue weighted by Gasteiger charge is 2.16. The van der Waals surface area contributed by atoms with Crippen LogP contribution in [0.25, 0.3) is 0 Å². The average Bonchev–Trinajstić information content (AvgIpc) is 2.59. The maximum atomic E-state index is 6.08. The molecule has 0 spiro atoms. The molecule has 2 aromatic carbocycles. The SMILES string of the molecule is CCc1ccc(OC)c(C(CN)Cc2ccc(N(C)C)cc2)c1. The Labute approximate surface area is 140 Å². The Kier molecular flexibility index (Phi) is 6.05. The molecule has 0 bridgehead atoms. The molecule has 0 aliphatic rings. The van der Waals surface area contributed by atoms with Crippen LogP contribution in [0.2, 0.25) is 0 Å². The van der Waals surface area contributed by atoms with Gasteiger partial charge in [-0.05, 0) is 54.3 Å². The molecule has 1 atom stereocenters. The van der Waals surface area contributed by atoms with Crippen LogP contribution in [-0.4, -0.2) is 27.7 Å². The summed E-state index contributed by atoms with van der Waals surface area (Å²) in [5.41, 5.74) is 11.1. The van der Waals surface area contributed by atoms with Gasteiger partial charge in [-0.15, -0.1) is 0 Å². The van der Waals surface area contributed by atoms with Crippen molar-refractivity contribution in [1.82, 2.24) is 0 Å². The molecule has 0 radical (unpaired) electrons. The lowest BCUT2D eigenvalue weighted by atomic mass is 9.90. The van der Waals surface area contributed by atoms with Crippen molar-refractivity contribution in [1.29, 1.82) is 0 Å². The number of hydrogen-bond acceptors (Lipinski definition) is 3. The van der Waals surface area contributed by atoms with Gasteiger partial charge in [-0.1, -0.05) is 31.2 Å². The summed E-state index contributed by atoms with van der Waals surface area (Å²) in [5.74, 6) is 1.20. The Morgan fingerprint density at radius 1 is 1.04 bits per heavy atom. The number of nitrogens with zero attached hydrogens (tertiary/aromatic N) is 1. The minimum absolute atomic E-state index is 0.265. The minimum atomic E-state index is 0.265. The molecule has 1 unspecified atom stereocenters. The van der Waals surface area contributed by atoms with Crippen LogP contribution >= 0.6 is 0 Å². The van der Waals surface area contributed by atoms with E-state index in [4.69, 9.17) is 10.5 Å². The smallest absolute Gasteiger partial charge is 0.122 e. The standard InChI is InChI=1S/C20H28N2O/c1-5-15-8-11-20(23-4)19(13-15)17(14-21)12-16-6-9-18(10-7-16)22(2)3/h6-11,13,17H,5,12,14,21H2,1-4H3. The molecule has 124 valence electrons. The molecule has 2 aromatic rings. The van der Waals surface area contributed by atoms with Gasteiger partial charge in [0.05, 0.1) is 7.11 Å². The van der Waals surface area contributed by atoms with Gasteiger partial charge in [-0.3, -0.25) is 0 Å². The minimum Gasteiger partial charge on any atom is -0.496 e. The van der Waals surface area contributed by atoms with Crippen LogP contribution in [0.15, 0.2) is 42.5 Å². The van der Waals surface area contributed by atoms with E-state index >= 15 is 0 Å². The summed E-state index contributed by atoms with van der Waals surface area (Å²) < 4.78 is 5.55. The van der Waals surface area contributed by atoms with Crippen LogP contribution in [0, 0.1) is 0 Å². The van der Waals surface area contributed by atoms with Crippen LogP contribution in [0.1, 0.15) is 29.5 Å². The van der Waals surface area contributed by atoms with Gasteiger partial charge in [0.1, 0.15) is 5.75 Å². The maximum absolute atomic E-state index is 6.08. The third-order valence-corrected chi connectivity index (χ3v) is 4.36. The van der Waals surface area contributed by atoms with Gasteiger partial charge in [-0.2, -0.15) is 0 Å². The van der Waals surface area contributed by atoms with Gasteiger partial charge in [0.15, 0.2) is 0 Å². The fraction of sp³-hybridized carbons (Fsp3) is 0.400. The molecule has 3 nitrogen and oxygen atoms in total. The van der Waals surface area contributed by atoms with Crippen LogP contribution in [0.5, 0.6) is 5.75 Å². The molecule has 0 amide bonds. The highest BCUT2D eigenvalue weighted by atomic mass is 16.5. The number of ether oxygens (including phenoxy) is 1. The molecule has 0 saturated heterocycles. The van der Waals surface area contributed by atoms with E-state index in [9.17, 15) is 0 Å². The maximum Gasteiger partial charge on any atom is 0.122 e. The number of methoxy groups -OCH3 is 1. The molecule has 0 aromatic heterocycles.